The first-order valence-electron chi connectivity index (χ1n) is 10.3. The number of urea groups is 1. The largest absolute Gasteiger partial charge is 0.395 e. The molecule has 8 heteroatoms. The number of piperidine rings is 2. The van der Waals surface area contributed by atoms with Crippen LogP contribution in [-0.4, -0.2) is 69.6 Å². The molecule has 3 amide bonds. The average Bonchev–Trinajstić information content (AvgIpc) is 3.11. The van der Waals surface area contributed by atoms with Crippen molar-refractivity contribution in [2.75, 3.05) is 32.8 Å². The van der Waals surface area contributed by atoms with Crippen molar-refractivity contribution in [2.24, 2.45) is 5.41 Å². The Hall–Kier alpha value is -2.61. The maximum atomic E-state index is 12.8. The van der Waals surface area contributed by atoms with Crippen molar-refractivity contribution in [3.63, 3.8) is 0 Å². The second-order valence-corrected chi connectivity index (χ2v) is 8.43. The monoisotopic (exact) mass is 399 g/mol. The molecule has 0 radical (unpaired) electrons. The van der Waals surface area contributed by atoms with Gasteiger partial charge in [-0.05, 0) is 43.9 Å². The van der Waals surface area contributed by atoms with E-state index in [4.69, 9.17) is 0 Å². The molecule has 2 aliphatic rings. The van der Waals surface area contributed by atoms with E-state index in [9.17, 15) is 14.7 Å². The van der Waals surface area contributed by atoms with Gasteiger partial charge in [0.15, 0.2) is 0 Å². The molecular formula is C21H29N5O3. The maximum Gasteiger partial charge on any atom is 0.317 e. The quantitative estimate of drug-likeness (QED) is 0.729. The molecule has 0 bridgehead atoms. The van der Waals surface area contributed by atoms with Crippen LogP contribution in [0.5, 0.6) is 0 Å². The van der Waals surface area contributed by atoms with Crippen LogP contribution in [-0.2, 0) is 11.3 Å². The van der Waals surface area contributed by atoms with Crippen molar-refractivity contribution >= 4 is 23.0 Å². The number of aromatic amines is 1. The number of imidazole rings is 1. The smallest absolute Gasteiger partial charge is 0.317 e. The van der Waals surface area contributed by atoms with Crippen LogP contribution in [0.2, 0.25) is 0 Å². The van der Waals surface area contributed by atoms with Crippen LogP contribution in [0, 0.1) is 12.3 Å². The van der Waals surface area contributed by atoms with Gasteiger partial charge in [-0.1, -0.05) is 6.07 Å². The standard InChI is InChI=1S/C21H29N5O3/c1-15-3-4-16-17(11-15)24-18(23-16)12-22-20(29)26-8-2-6-21(14-26)7-5-19(28)25(13-21)9-10-27/h3-4,11,27H,2,5-10,12-14H2,1H3,(H,22,29)(H,23,24)/t21-/m1/s1. The zero-order valence-electron chi connectivity index (χ0n) is 16.9. The summed E-state index contributed by atoms with van der Waals surface area (Å²) in [5.74, 6) is 0.842. The zero-order valence-corrected chi connectivity index (χ0v) is 16.9. The Bertz CT molecular complexity index is 911. The van der Waals surface area contributed by atoms with E-state index in [2.05, 4.69) is 15.3 Å². The Morgan fingerprint density at radius 3 is 3.03 bits per heavy atom. The summed E-state index contributed by atoms with van der Waals surface area (Å²) in [6.45, 7) is 4.73. The zero-order chi connectivity index (χ0) is 20.4. The van der Waals surface area contributed by atoms with Crippen molar-refractivity contribution in [2.45, 2.75) is 39.2 Å². The molecule has 2 fully saturated rings. The lowest BCUT2D eigenvalue weighted by Gasteiger charge is -2.48. The van der Waals surface area contributed by atoms with Crippen LogP contribution in [0.4, 0.5) is 4.79 Å². The number of likely N-dealkylation sites (tertiary alicyclic amines) is 2. The highest BCUT2D eigenvalue weighted by atomic mass is 16.3. The van der Waals surface area contributed by atoms with Crippen molar-refractivity contribution in [1.29, 1.82) is 0 Å². The molecule has 156 valence electrons. The predicted octanol–water partition coefficient (Wildman–Crippen LogP) is 1.78. The van der Waals surface area contributed by atoms with Gasteiger partial charge >= 0.3 is 6.03 Å². The fourth-order valence-electron chi connectivity index (χ4n) is 4.67. The third kappa shape index (κ3) is 4.22. The molecule has 3 heterocycles. The number of nitrogens with zero attached hydrogens (tertiary/aromatic N) is 3. The van der Waals surface area contributed by atoms with E-state index in [0.717, 1.165) is 48.2 Å². The minimum Gasteiger partial charge on any atom is -0.395 e. The van der Waals surface area contributed by atoms with E-state index in [1.54, 1.807) is 4.90 Å². The molecule has 2 aliphatic heterocycles. The van der Waals surface area contributed by atoms with E-state index in [-0.39, 0.29) is 24.0 Å². The van der Waals surface area contributed by atoms with Crippen LogP contribution in [0.15, 0.2) is 18.2 Å². The van der Waals surface area contributed by atoms with Gasteiger partial charge in [-0.25, -0.2) is 9.78 Å². The van der Waals surface area contributed by atoms with E-state index in [0.29, 0.717) is 32.6 Å². The summed E-state index contributed by atoms with van der Waals surface area (Å²) in [6.07, 6.45) is 3.24. The number of hydrogen-bond acceptors (Lipinski definition) is 4. The van der Waals surface area contributed by atoms with E-state index < -0.39 is 0 Å². The number of nitrogens with one attached hydrogen (secondary N) is 2. The van der Waals surface area contributed by atoms with Crippen LogP contribution < -0.4 is 5.32 Å². The first-order chi connectivity index (χ1) is 14.0. The van der Waals surface area contributed by atoms with Gasteiger partial charge in [0.2, 0.25) is 5.91 Å². The Morgan fingerprint density at radius 1 is 1.34 bits per heavy atom. The summed E-state index contributed by atoms with van der Waals surface area (Å²) in [6, 6.07) is 5.95. The minimum absolute atomic E-state index is 0.0248. The number of benzene rings is 1. The van der Waals surface area contributed by atoms with Gasteiger partial charge in [-0.3, -0.25) is 4.79 Å². The molecule has 0 saturated carbocycles. The van der Waals surface area contributed by atoms with Crippen LogP contribution in [0.3, 0.4) is 0 Å². The summed E-state index contributed by atoms with van der Waals surface area (Å²) in [4.78, 5) is 36.3. The normalized spacial score (nSPS) is 22.5. The number of amides is 3. The number of H-pyrrole nitrogens is 1. The van der Waals surface area contributed by atoms with Crippen LogP contribution >= 0.6 is 0 Å². The fraction of sp³-hybridized carbons (Fsp3) is 0.571. The maximum absolute atomic E-state index is 12.8. The number of aryl methyl sites for hydroxylation is 1. The summed E-state index contributed by atoms with van der Waals surface area (Å²) in [5, 5.41) is 12.2. The molecule has 4 rings (SSSR count). The van der Waals surface area contributed by atoms with E-state index in [1.165, 1.54) is 0 Å². The van der Waals surface area contributed by atoms with Crippen molar-refractivity contribution < 1.29 is 14.7 Å². The molecule has 0 aliphatic carbocycles. The Kier molecular flexibility index (Phi) is 5.45. The predicted molar refractivity (Wildman–Crippen MR) is 109 cm³/mol. The molecule has 1 aromatic carbocycles. The first kappa shape index (κ1) is 19.7. The van der Waals surface area contributed by atoms with Gasteiger partial charge in [-0.15, -0.1) is 0 Å². The average molecular weight is 399 g/mol. The molecule has 0 unspecified atom stereocenters. The van der Waals surface area contributed by atoms with Crippen LogP contribution in [0.1, 0.15) is 37.1 Å². The highest BCUT2D eigenvalue weighted by Gasteiger charge is 2.42. The van der Waals surface area contributed by atoms with Crippen LogP contribution in [0.25, 0.3) is 11.0 Å². The Balaban J connectivity index is 1.37. The number of hydrogen-bond donors (Lipinski definition) is 3. The molecule has 2 saturated heterocycles. The summed E-state index contributed by atoms with van der Waals surface area (Å²) >= 11 is 0. The third-order valence-corrected chi connectivity index (χ3v) is 6.16. The number of carbonyl (C=O) groups excluding carboxylic acids is 2. The summed E-state index contributed by atoms with van der Waals surface area (Å²) in [7, 11) is 0. The second-order valence-electron chi connectivity index (χ2n) is 8.43. The Labute approximate surface area is 170 Å². The van der Waals surface area contributed by atoms with Gasteiger partial charge in [0.1, 0.15) is 5.82 Å². The minimum atomic E-state index is -0.0914. The molecule has 1 aromatic heterocycles. The number of aliphatic hydroxyl groups excluding tert-OH is 1. The van der Waals surface area contributed by atoms with Gasteiger partial charge in [0, 0.05) is 38.0 Å². The summed E-state index contributed by atoms with van der Waals surface area (Å²) in [5.41, 5.74) is 2.97. The molecule has 2 aromatic rings. The lowest BCUT2D eigenvalue weighted by Crippen LogP contribution is -2.56. The third-order valence-electron chi connectivity index (χ3n) is 6.16. The van der Waals surface area contributed by atoms with Crippen molar-refractivity contribution in [3.8, 4) is 0 Å². The second kappa shape index (κ2) is 8.02. The number of rotatable bonds is 4. The van der Waals surface area contributed by atoms with Gasteiger partial charge in [0.05, 0.1) is 24.2 Å². The fourth-order valence-corrected chi connectivity index (χ4v) is 4.67. The first-order valence-corrected chi connectivity index (χ1v) is 10.3. The molecule has 8 nitrogen and oxygen atoms in total. The lowest BCUT2D eigenvalue weighted by atomic mass is 9.73. The number of carbonyl (C=O) groups is 2. The molecule has 29 heavy (non-hydrogen) atoms. The van der Waals surface area contributed by atoms with Crippen molar-refractivity contribution in [1.82, 2.24) is 25.1 Å². The lowest BCUT2D eigenvalue weighted by molar-refractivity contribution is -0.139. The van der Waals surface area contributed by atoms with E-state index >= 15 is 0 Å². The number of β-amino-alcohol motifs (C(OH)–C–C–N with tert-alkyl or cyclic N) is 1. The highest BCUT2D eigenvalue weighted by Crippen LogP contribution is 2.38. The SMILES string of the molecule is Cc1ccc2nc(CNC(=O)N3CCC[C@]4(CCC(=O)N(CCO)C4)C3)[nH]c2c1. The molecule has 3 N–H and O–H groups in total. The van der Waals surface area contributed by atoms with Gasteiger partial charge in [0.25, 0.3) is 0 Å². The topological polar surface area (TPSA) is 102 Å². The molecule has 1 spiro atoms. The number of aromatic nitrogens is 2. The highest BCUT2D eigenvalue weighted by molar-refractivity contribution is 5.78. The number of fused-ring (bicyclic) bond motifs is 1. The molecule has 1 atom stereocenters. The van der Waals surface area contributed by atoms with Gasteiger partial charge < -0.3 is 25.2 Å². The van der Waals surface area contributed by atoms with Gasteiger partial charge in [-0.2, -0.15) is 0 Å². The number of aliphatic hydroxyl groups is 1. The van der Waals surface area contributed by atoms with E-state index in [1.807, 2.05) is 30.0 Å². The summed E-state index contributed by atoms with van der Waals surface area (Å²) < 4.78 is 0. The van der Waals surface area contributed by atoms with Crippen molar-refractivity contribution in [3.05, 3.63) is 29.6 Å². The Morgan fingerprint density at radius 2 is 2.21 bits per heavy atom. The molecular weight excluding hydrogens is 370 g/mol.